The van der Waals surface area contributed by atoms with E-state index in [9.17, 15) is 0 Å². The summed E-state index contributed by atoms with van der Waals surface area (Å²) in [5.74, 6) is 1.67. The fourth-order valence-corrected chi connectivity index (χ4v) is 3.70. The number of guanidine groups is 1. The van der Waals surface area contributed by atoms with E-state index in [0.29, 0.717) is 18.1 Å². The van der Waals surface area contributed by atoms with Crippen LogP contribution in [0.4, 0.5) is 0 Å². The van der Waals surface area contributed by atoms with Crippen molar-refractivity contribution in [3.63, 3.8) is 0 Å². The van der Waals surface area contributed by atoms with Crippen molar-refractivity contribution in [1.29, 1.82) is 0 Å². The molecule has 0 aromatic rings. The number of nitrogens with zero attached hydrogens (tertiary/aromatic N) is 3. The number of hydrogen-bond acceptors (Lipinski definition) is 4. The molecule has 0 radical (unpaired) electrons. The van der Waals surface area contributed by atoms with Gasteiger partial charge in [-0.2, -0.15) is 0 Å². The van der Waals surface area contributed by atoms with Crippen LogP contribution in [-0.4, -0.2) is 88.0 Å². The zero-order valence-electron chi connectivity index (χ0n) is 15.3. The van der Waals surface area contributed by atoms with E-state index in [-0.39, 0.29) is 0 Å². The summed E-state index contributed by atoms with van der Waals surface area (Å²) in [5.41, 5.74) is 0. The predicted molar refractivity (Wildman–Crippen MR) is 94.0 cm³/mol. The minimum Gasteiger partial charge on any atom is -0.384 e. The van der Waals surface area contributed by atoms with E-state index in [2.05, 4.69) is 34.0 Å². The molecule has 0 spiro atoms. The maximum atomic E-state index is 5.78. The van der Waals surface area contributed by atoms with E-state index in [1.165, 1.54) is 6.42 Å². The summed E-state index contributed by atoms with van der Waals surface area (Å²) in [6.45, 7) is 11.5. The van der Waals surface area contributed by atoms with Gasteiger partial charge in [0.1, 0.15) is 0 Å². The van der Waals surface area contributed by atoms with Gasteiger partial charge in [-0.3, -0.25) is 9.89 Å². The van der Waals surface area contributed by atoms with Crippen molar-refractivity contribution in [1.82, 2.24) is 15.1 Å². The van der Waals surface area contributed by atoms with Gasteiger partial charge >= 0.3 is 0 Å². The van der Waals surface area contributed by atoms with Crippen molar-refractivity contribution < 1.29 is 9.47 Å². The first-order valence-corrected chi connectivity index (χ1v) is 8.94. The smallest absolute Gasteiger partial charge is 0.193 e. The molecule has 134 valence electrons. The SMILES string of the molecule is CN=C(NCCCN1CC(C)OC(C)C1)N1CCC(COC)C1. The minimum atomic E-state index is 0.349. The highest BCUT2D eigenvalue weighted by atomic mass is 16.5. The van der Waals surface area contributed by atoms with Gasteiger partial charge in [-0.15, -0.1) is 0 Å². The molecule has 6 heteroatoms. The third-order valence-electron chi connectivity index (χ3n) is 4.63. The number of rotatable bonds is 6. The highest BCUT2D eigenvalue weighted by Gasteiger charge is 2.25. The Hall–Kier alpha value is -0.850. The normalized spacial score (nSPS) is 30.0. The lowest BCUT2D eigenvalue weighted by molar-refractivity contribution is -0.0679. The molecular formula is C17H34N4O2. The van der Waals surface area contributed by atoms with Gasteiger partial charge in [-0.05, 0) is 26.7 Å². The summed E-state index contributed by atoms with van der Waals surface area (Å²) in [7, 11) is 3.65. The fourth-order valence-electron chi connectivity index (χ4n) is 3.70. The summed E-state index contributed by atoms with van der Waals surface area (Å²) in [6.07, 6.45) is 3.02. The molecule has 0 bridgehead atoms. The lowest BCUT2D eigenvalue weighted by Crippen LogP contribution is -2.46. The summed E-state index contributed by atoms with van der Waals surface area (Å²) in [6, 6.07) is 0. The van der Waals surface area contributed by atoms with Crippen molar-refractivity contribution in [2.75, 3.05) is 60.0 Å². The molecule has 0 saturated carbocycles. The maximum Gasteiger partial charge on any atom is 0.193 e. The molecule has 0 amide bonds. The second-order valence-corrected chi connectivity index (χ2v) is 6.90. The van der Waals surface area contributed by atoms with E-state index in [1.54, 1.807) is 7.11 Å². The second-order valence-electron chi connectivity index (χ2n) is 6.90. The molecule has 0 aliphatic carbocycles. The van der Waals surface area contributed by atoms with Crippen LogP contribution in [0.25, 0.3) is 0 Å². The molecule has 2 fully saturated rings. The zero-order valence-corrected chi connectivity index (χ0v) is 15.3. The highest BCUT2D eigenvalue weighted by Crippen LogP contribution is 2.16. The van der Waals surface area contributed by atoms with Gasteiger partial charge in [-0.1, -0.05) is 0 Å². The van der Waals surface area contributed by atoms with Crippen molar-refractivity contribution in [2.24, 2.45) is 10.9 Å². The molecule has 2 aliphatic heterocycles. The van der Waals surface area contributed by atoms with Crippen LogP contribution in [0.1, 0.15) is 26.7 Å². The van der Waals surface area contributed by atoms with Gasteiger partial charge in [0.25, 0.3) is 0 Å². The van der Waals surface area contributed by atoms with Crippen LogP contribution in [0.3, 0.4) is 0 Å². The van der Waals surface area contributed by atoms with Gasteiger partial charge in [-0.25, -0.2) is 0 Å². The highest BCUT2D eigenvalue weighted by molar-refractivity contribution is 5.80. The van der Waals surface area contributed by atoms with E-state index in [4.69, 9.17) is 9.47 Å². The molecule has 0 aromatic heterocycles. The van der Waals surface area contributed by atoms with Gasteiger partial charge in [0.05, 0.1) is 18.8 Å². The summed E-state index contributed by atoms with van der Waals surface area (Å²) >= 11 is 0. The summed E-state index contributed by atoms with van der Waals surface area (Å²) in [4.78, 5) is 9.29. The van der Waals surface area contributed by atoms with Crippen molar-refractivity contribution in [3.05, 3.63) is 0 Å². The quantitative estimate of drug-likeness (QED) is 0.449. The first-order valence-electron chi connectivity index (χ1n) is 8.94. The van der Waals surface area contributed by atoms with E-state index in [1.807, 2.05) is 7.05 Å². The first kappa shape index (κ1) is 18.5. The molecule has 2 aliphatic rings. The van der Waals surface area contributed by atoms with Crippen molar-refractivity contribution in [3.8, 4) is 0 Å². The molecular weight excluding hydrogens is 292 g/mol. The third-order valence-corrected chi connectivity index (χ3v) is 4.63. The van der Waals surface area contributed by atoms with Crippen LogP contribution in [0.5, 0.6) is 0 Å². The van der Waals surface area contributed by atoms with Crippen molar-refractivity contribution >= 4 is 5.96 Å². The summed E-state index contributed by atoms with van der Waals surface area (Å²) in [5, 5.41) is 3.51. The summed E-state index contributed by atoms with van der Waals surface area (Å²) < 4.78 is 11.1. The zero-order chi connectivity index (χ0) is 16.7. The maximum absolute atomic E-state index is 5.78. The van der Waals surface area contributed by atoms with Crippen LogP contribution in [0, 0.1) is 5.92 Å². The number of methoxy groups -OCH3 is 1. The molecule has 1 N–H and O–H groups in total. The van der Waals surface area contributed by atoms with Gasteiger partial charge in [0.15, 0.2) is 5.96 Å². The number of morpholine rings is 1. The Bertz CT molecular complexity index is 368. The van der Waals surface area contributed by atoms with Crippen LogP contribution in [-0.2, 0) is 9.47 Å². The number of nitrogens with one attached hydrogen (secondary N) is 1. The molecule has 2 saturated heterocycles. The minimum absolute atomic E-state index is 0.349. The molecule has 0 aromatic carbocycles. The molecule has 6 nitrogen and oxygen atoms in total. The lowest BCUT2D eigenvalue weighted by atomic mass is 10.1. The fraction of sp³-hybridized carbons (Fsp3) is 0.941. The Morgan fingerprint density at radius 1 is 1.26 bits per heavy atom. The van der Waals surface area contributed by atoms with Gasteiger partial charge in [0, 0.05) is 59.3 Å². The first-order chi connectivity index (χ1) is 11.1. The average Bonchev–Trinajstić information content (AvgIpc) is 2.95. The van der Waals surface area contributed by atoms with E-state index < -0.39 is 0 Å². The number of hydrogen-bond donors (Lipinski definition) is 1. The lowest BCUT2D eigenvalue weighted by Gasteiger charge is -2.35. The van der Waals surface area contributed by atoms with Crippen LogP contribution >= 0.6 is 0 Å². The average molecular weight is 326 g/mol. The number of likely N-dealkylation sites (tertiary alicyclic amines) is 1. The van der Waals surface area contributed by atoms with Crippen molar-refractivity contribution in [2.45, 2.75) is 38.9 Å². The van der Waals surface area contributed by atoms with Crippen LogP contribution in [0.15, 0.2) is 4.99 Å². The Kier molecular flexibility index (Phi) is 7.59. The number of aliphatic imine (C=N–C) groups is 1. The second kappa shape index (κ2) is 9.45. The molecule has 3 unspecified atom stereocenters. The van der Waals surface area contributed by atoms with Gasteiger partial charge in [0.2, 0.25) is 0 Å². The standard InChI is InChI=1S/C17H34N4O2/c1-14-10-20(11-15(2)23-14)8-5-7-19-17(18-3)21-9-6-16(12-21)13-22-4/h14-16H,5-13H2,1-4H3,(H,18,19). The van der Waals surface area contributed by atoms with Crippen LogP contribution < -0.4 is 5.32 Å². The molecule has 23 heavy (non-hydrogen) atoms. The van der Waals surface area contributed by atoms with Gasteiger partial charge < -0.3 is 19.7 Å². The van der Waals surface area contributed by atoms with Crippen LogP contribution in [0.2, 0.25) is 0 Å². The molecule has 2 rings (SSSR count). The topological polar surface area (TPSA) is 49.3 Å². The Balaban J connectivity index is 1.64. The predicted octanol–water partition coefficient (Wildman–Crippen LogP) is 1.03. The number of ether oxygens (including phenoxy) is 2. The molecule has 3 atom stereocenters. The third kappa shape index (κ3) is 5.94. The van der Waals surface area contributed by atoms with E-state index in [0.717, 1.165) is 58.3 Å². The van der Waals surface area contributed by atoms with E-state index >= 15 is 0 Å². The Morgan fingerprint density at radius 2 is 2.00 bits per heavy atom. The molecule has 2 heterocycles. The monoisotopic (exact) mass is 326 g/mol. The largest absolute Gasteiger partial charge is 0.384 e. The Morgan fingerprint density at radius 3 is 2.65 bits per heavy atom. The Labute approximate surface area is 141 Å².